The quantitative estimate of drug-likeness (QED) is 0.455. The Morgan fingerprint density at radius 2 is 1.79 bits per heavy atom. The summed E-state index contributed by atoms with van der Waals surface area (Å²) in [4.78, 5) is 1.47. The summed E-state index contributed by atoms with van der Waals surface area (Å²) in [6.07, 6.45) is 1.76. The number of alkyl halides is 2. The zero-order chi connectivity index (χ0) is 21.4. The number of rotatable bonds is 9. The van der Waals surface area contributed by atoms with Crippen molar-refractivity contribution in [3.05, 3.63) is 35.1 Å². The highest BCUT2D eigenvalue weighted by Crippen LogP contribution is 2.29. The lowest BCUT2D eigenvalue weighted by atomic mass is 10.00. The summed E-state index contributed by atoms with van der Waals surface area (Å²) < 4.78 is 95.7. The van der Waals surface area contributed by atoms with Crippen LogP contribution < -0.4 is 10.5 Å². The van der Waals surface area contributed by atoms with Crippen LogP contribution in [0.5, 0.6) is 0 Å². The van der Waals surface area contributed by atoms with Gasteiger partial charge in [0.25, 0.3) is 5.92 Å². The Bertz CT molecular complexity index is 848. The summed E-state index contributed by atoms with van der Waals surface area (Å²) in [5.74, 6) is -7.31. The SMILES string of the molecule is NC(Cc1cc(F)c(F)cc1F)C(F)(F)CN1CCCC1CNS(=O)(=O)C1CC1. The van der Waals surface area contributed by atoms with Crippen molar-refractivity contribution >= 4 is 10.0 Å². The van der Waals surface area contributed by atoms with Gasteiger partial charge in [-0.25, -0.2) is 35.1 Å². The van der Waals surface area contributed by atoms with Gasteiger partial charge in [-0.05, 0) is 50.3 Å². The molecule has 2 aliphatic rings. The Hall–Kier alpha value is -1.30. The van der Waals surface area contributed by atoms with Crippen molar-refractivity contribution < 1.29 is 30.4 Å². The molecule has 11 heteroatoms. The van der Waals surface area contributed by atoms with Crippen LogP contribution in [0.15, 0.2) is 12.1 Å². The summed E-state index contributed by atoms with van der Waals surface area (Å²) in [7, 11) is -3.41. The van der Waals surface area contributed by atoms with Crippen LogP contribution in [-0.2, 0) is 16.4 Å². The molecule has 2 fully saturated rings. The Morgan fingerprint density at radius 3 is 2.45 bits per heavy atom. The van der Waals surface area contributed by atoms with Gasteiger partial charge >= 0.3 is 0 Å². The van der Waals surface area contributed by atoms with Crippen molar-refractivity contribution in [3.63, 3.8) is 0 Å². The number of halogens is 5. The molecule has 2 unspecified atom stereocenters. The predicted molar refractivity (Wildman–Crippen MR) is 97.5 cm³/mol. The normalized spacial score (nSPS) is 22.2. The molecule has 2 atom stereocenters. The zero-order valence-electron chi connectivity index (χ0n) is 15.7. The largest absolute Gasteiger partial charge is 0.322 e. The lowest BCUT2D eigenvalue weighted by Crippen LogP contribution is -2.52. The summed E-state index contributed by atoms with van der Waals surface area (Å²) in [5, 5.41) is -0.391. The highest BCUT2D eigenvalue weighted by atomic mass is 32.2. The predicted octanol–water partition coefficient (Wildman–Crippen LogP) is 2.16. The smallest absolute Gasteiger partial charge is 0.275 e. The molecule has 1 saturated heterocycles. The number of hydrogen-bond acceptors (Lipinski definition) is 4. The number of nitrogens with two attached hydrogens (primary N) is 1. The maximum absolute atomic E-state index is 14.7. The molecule has 1 aromatic carbocycles. The second-order valence-corrected chi connectivity index (χ2v) is 9.83. The number of likely N-dealkylation sites (tertiary alicyclic amines) is 1. The van der Waals surface area contributed by atoms with E-state index in [0.717, 1.165) is 0 Å². The van der Waals surface area contributed by atoms with Crippen LogP contribution in [0.4, 0.5) is 22.0 Å². The van der Waals surface area contributed by atoms with E-state index in [1.165, 1.54) is 4.90 Å². The third-order valence-electron chi connectivity index (χ3n) is 5.47. The van der Waals surface area contributed by atoms with E-state index in [4.69, 9.17) is 5.73 Å². The first kappa shape index (κ1) is 22.4. The average molecular weight is 441 g/mol. The molecule has 1 aliphatic carbocycles. The van der Waals surface area contributed by atoms with Crippen LogP contribution >= 0.6 is 0 Å². The van der Waals surface area contributed by atoms with Crippen LogP contribution in [0.25, 0.3) is 0 Å². The third kappa shape index (κ3) is 5.44. The standard InChI is InChI=1S/C18H24F5N3O2S/c19-14-8-16(21)15(20)6-11(14)7-17(24)18(22,23)10-26-5-1-2-12(26)9-25-29(27,28)13-3-4-13/h6,8,12-13,17,25H,1-5,7,9-10,24H2. The van der Waals surface area contributed by atoms with E-state index >= 15 is 0 Å². The fourth-order valence-corrected chi connectivity index (χ4v) is 4.95. The summed E-state index contributed by atoms with van der Waals surface area (Å²) in [6, 6.07) is -1.36. The maximum Gasteiger partial charge on any atom is 0.275 e. The molecule has 1 saturated carbocycles. The first-order chi connectivity index (χ1) is 13.5. The van der Waals surface area contributed by atoms with Gasteiger partial charge in [0, 0.05) is 18.7 Å². The Kier molecular flexibility index (Phi) is 6.52. The molecule has 0 amide bonds. The van der Waals surface area contributed by atoms with Gasteiger partial charge in [-0.1, -0.05) is 0 Å². The number of hydrogen-bond donors (Lipinski definition) is 2. The second kappa shape index (κ2) is 8.44. The van der Waals surface area contributed by atoms with E-state index in [1.54, 1.807) is 0 Å². The summed E-state index contributed by atoms with van der Waals surface area (Å²) >= 11 is 0. The van der Waals surface area contributed by atoms with Gasteiger partial charge in [-0.15, -0.1) is 0 Å². The first-order valence-electron chi connectivity index (χ1n) is 9.49. The molecule has 1 heterocycles. The van der Waals surface area contributed by atoms with E-state index in [-0.39, 0.29) is 12.6 Å². The fourth-order valence-electron chi connectivity index (χ4n) is 3.54. The number of nitrogens with one attached hydrogen (secondary N) is 1. The minimum absolute atomic E-state index is 0.0436. The Balaban J connectivity index is 1.60. The maximum atomic E-state index is 14.7. The number of benzene rings is 1. The highest BCUT2D eigenvalue weighted by Gasteiger charge is 2.42. The molecule has 1 aliphatic heterocycles. The van der Waals surface area contributed by atoms with E-state index < -0.39 is 63.2 Å². The van der Waals surface area contributed by atoms with Crippen LogP contribution in [0, 0.1) is 17.5 Å². The monoisotopic (exact) mass is 441 g/mol. The number of sulfonamides is 1. The average Bonchev–Trinajstić information content (AvgIpc) is 3.40. The summed E-state index contributed by atoms with van der Waals surface area (Å²) in [6.45, 7) is -0.324. The zero-order valence-corrected chi connectivity index (χ0v) is 16.5. The van der Waals surface area contributed by atoms with Crippen molar-refractivity contribution in [3.8, 4) is 0 Å². The van der Waals surface area contributed by atoms with Crippen LogP contribution in [0.3, 0.4) is 0 Å². The molecule has 5 nitrogen and oxygen atoms in total. The van der Waals surface area contributed by atoms with Crippen molar-refractivity contribution in [2.45, 2.75) is 55.4 Å². The minimum atomic E-state index is -3.44. The van der Waals surface area contributed by atoms with E-state index in [1.807, 2.05) is 0 Å². The molecule has 29 heavy (non-hydrogen) atoms. The third-order valence-corrected chi connectivity index (χ3v) is 7.39. The molecule has 0 radical (unpaired) electrons. The van der Waals surface area contributed by atoms with E-state index in [9.17, 15) is 30.4 Å². The fraction of sp³-hybridized carbons (Fsp3) is 0.667. The van der Waals surface area contributed by atoms with Crippen LogP contribution in [0.1, 0.15) is 31.2 Å². The number of nitrogens with zero attached hydrogens (tertiary/aromatic N) is 1. The molecular formula is C18H24F5N3O2S. The van der Waals surface area contributed by atoms with E-state index in [0.29, 0.717) is 44.4 Å². The summed E-state index contributed by atoms with van der Waals surface area (Å²) in [5.41, 5.74) is 5.16. The van der Waals surface area contributed by atoms with Crippen molar-refractivity contribution in [2.75, 3.05) is 19.6 Å². The molecule has 1 aromatic rings. The Labute approximate surface area is 166 Å². The lowest BCUT2D eigenvalue weighted by molar-refractivity contribution is -0.0558. The van der Waals surface area contributed by atoms with E-state index in [2.05, 4.69) is 4.72 Å². The Morgan fingerprint density at radius 1 is 1.14 bits per heavy atom. The first-order valence-corrected chi connectivity index (χ1v) is 11.0. The van der Waals surface area contributed by atoms with Gasteiger partial charge in [0.15, 0.2) is 11.6 Å². The van der Waals surface area contributed by atoms with Crippen LogP contribution in [-0.4, -0.2) is 56.2 Å². The molecule has 0 bridgehead atoms. The molecule has 0 aromatic heterocycles. The van der Waals surface area contributed by atoms with Crippen molar-refractivity contribution in [1.29, 1.82) is 0 Å². The van der Waals surface area contributed by atoms with Gasteiger partial charge in [-0.2, -0.15) is 0 Å². The second-order valence-electron chi connectivity index (χ2n) is 7.79. The molecule has 164 valence electrons. The molecule has 0 spiro atoms. The molecule has 3 rings (SSSR count). The lowest BCUT2D eigenvalue weighted by Gasteiger charge is -2.32. The molecule has 3 N–H and O–H groups in total. The van der Waals surface area contributed by atoms with Gasteiger partial charge in [0.2, 0.25) is 10.0 Å². The van der Waals surface area contributed by atoms with Gasteiger partial charge < -0.3 is 5.73 Å². The van der Waals surface area contributed by atoms with Crippen LogP contribution in [0.2, 0.25) is 0 Å². The minimum Gasteiger partial charge on any atom is -0.322 e. The molecular weight excluding hydrogens is 417 g/mol. The highest BCUT2D eigenvalue weighted by molar-refractivity contribution is 7.90. The van der Waals surface area contributed by atoms with Gasteiger partial charge in [0.1, 0.15) is 5.82 Å². The topological polar surface area (TPSA) is 75.4 Å². The van der Waals surface area contributed by atoms with Crippen molar-refractivity contribution in [2.24, 2.45) is 5.73 Å². The van der Waals surface area contributed by atoms with Crippen molar-refractivity contribution in [1.82, 2.24) is 9.62 Å². The van der Waals surface area contributed by atoms with Gasteiger partial charge in [0.05, 0.1) is 17.8 Å². The van der Waals surface area contributed by atoms with Gasteiger partial charge in [-0.3, -0.25) is 4.90 Å².